The van der Waals surface area contributed by atoms with Crippen LogP contribution in [0.25, 0.3) is 0 Å². The van der Waals surface area contributed by atoms with E-state index in [0.717, 1.165) is 74.2 Å². The van der Waals surface area contributed by atoms with Crippen molar-refractivity contribution < 1.29 is 9.47 Å². The standard InChI is InChI=1S/C16H24ClNO2.ClH/c1-13-5-6-14(2)16(15(13)17)20-10-4-3-7-18-8-11-19-12-9-18;/h5-6H,3-4,7-12H2,1-2H3;1H. The van der Waals surface area contributed by atoms with Crippen LogP contribution in [0.2, 0.25) is 5.02 Å². The maximum atomic E-state index is 6.29. The summed E-state index contributed by atoms with van der Waals surface area (Å²) in [5, 5.41) is 0.748. The summed E-state index contributed by atoms with van der Waals surface area (Å²) in [6, 6.07) is 4.09. The molecule has 0 spiro atoms. The molecule has 5 heteroatoms. The Morgan fingerprint density at radius 3 is 2.52 bits per heavy atom. The normalized spacial score (nSPS) is 15.6. The SMILES string of the molecule is Cc1ccc(C)c(OCCCCN2CCOCC2)c1Cl.Cl. The molecule has 1 aliphatic heterocycles. The summed E-state index contributed by atoms with van der Waals surface area (Å²) >= 11 is 6.29. The maximum Gasteiger partial charge on any atom is 0.141 e. The van der Waals surface area contributed by atoms with Crippen LogP contribution < -0.4 is 4.74 Å². The highest BCUT2D eigenvalue weighted by molar-refractivity contribution is 6.32. The number of aryl methyl sites for hydroxylation is 2. The Labute approximate surface area is 139 Å². The van der Waals surface area contributed by atoms with E-state index in [-0.39, 0.29) is 12.4 Å². The lowest BCUT2D eigenvalue weighted by molar-refractivity contribution is 0.0368. The average Bonchev–Trinajstić information content (AvgIpc) is 2.47. The first-order valence-corrected chi connectivity index (χ1v) is 7.75. The van der Waals surface area contributed by atoms with E-state index in [1.54, 1.807) is 0 Å². The Kier molecular flexibility index (Phi) is 8.42. The zero-order chi connectivity index (χ0) is 14.4. The molecule has 1 heterocycles. The highest BCUT2D eigenvalue weighted by Gasteiger charge is 2.10. The molecule has 0 atom stereocenters. The summed E-state index contributed by atoms with van der Waals surface area (Å²) in [6.45, 7) is 9.76. The zero-order valence-electron chi connectivity index (χ0n) is 12.9. The van der Waals surface area contributed by atoms with Gasteiger partial charge in [-0.3, -0.25) is 4.90 Å². The Hall–Kier alpha value is -0.480. The van der Waals surface area contributed by atoms with Gasteiger partial charge < -0.3 is 9.47 Å². The predicted octanol–water partition coefficient (Wildman–Crippen LogP) is 3.87. The minimum Gasteiger partial charge on any atom is -0.492 e. The lowest BCUT2D eigenvalue weighted by atomic mass is 10.1. The molecule has 0 radical (unpaired) electrons. The van der Waals surface area contributed by atoms with Gasteiger partial charge in [0.2, 0.25) is 0 Å². The van der Waals surface area contributed by atoms with Crippen molar-refractivity contribution >= 4 is 24.0 Å². The number of hydrogen-bond acceptors (Lipinski definition) is 3. The van der Waals surface area contributed by atoms with Crippen molar-refractivity contribution in [3.63, 3.8) is 0 Å². The molecule has 120 valence electrons. The van der Waals surface area contributed by atoms with E-state index in [1.807, 2.05) is 19.9 Å². The van der Waals surface area contributed by atoms with Gasteiger partial charge in [-0.2, -0.15) is 0 Å². The molecule has 0 bridgehead atoms. The topological polar surface area (TPSA) is 21.7 Å². The second-order valence-corrected chi connectivity index (χ2v) is 5.73. The van der Waals surface area contributed by atoms with Gasteiger partial charge in [0, 0.05) is 13.1 Å². The minimum absolute atomic E-state index is 0. The lowest BCUT2D eigenvalue weighted by Gasteiger charge is -2.26. The van der Waals surface area contributed by atoms with Crippen LogP contribution in [-0.4, -0.2) is 44.4 Å². The number of halogens is 2. The van der Waals surface area contributed by atoms with Crippen molar-refractivity contribution in [3.05, 3.63) is 28.3 Å². The summed E-state index contributed by atoms with van der Waals surface area (Å²) in [5.74, 6) is 0.845. The van der Waals surface area contributed by atoms with Crippen molar-refractivity contribution in [1.82, 2.24) is 4.90 Å². The fourth-order valence-electron chi connectivity index (χ4n) is 2.36. The van der Waals surface area contributed by atoms with Gasteiger partial charge in [-0.1, -0.05) is 23.7 Å². The molecular weight excluding hydrogens is 309 g/mol. The second-order valence-electron chi connectivity index (χ2n) is 5.35. The molecule has 0 aromatic heterocycles. The van der Waals surface area contributed by atoms with E-state index in [0.29, 0.717) is 0 Å². The fraction of sp³-hybridized carbons (Fsp3) is 0.625. The zero-order valence-corrected chi connectivity index (χ0v) is 14.4. The van der Waals surface area contributed by atoms with E-state index in [9.17, 15) is 0 Å². The second kappa shape index (κ2) is 9.52. The molecule has 1 saturated heterocycles. The highest BCUT2D eigenvalue weighted by Crippen LogP contribution is 2.31. The van der Waals surface area contributed by atoms with Crippen molar-refractivity contribution in [2.45, 2.75) is 26.7 Å². The third kappa shape index (κ3) is 5.67. The molecule has 0 amide bonds. The fourth-order valence-corrected chi connectivity index (χ4v) is 2.63. The van der Waals surface area contributed by atoms with E-state index in [1.165, 1.54) is 0 Å². The summed E-state index contributed by atoms with van der Waals surface area (Å²) in [4.78, 5) is 2.45. The van der Waals surface area contributed by atoms with Crippen LogP contribution in [0.1, 0.15) is 24.0 Å². The average molecular weight is 334 g/mol. The summed E-state index contributed by atoms with van der Waals surface area (Å²) in [7, 11) is 0. The molecular formula is C16H25Cl2NO2. The monoisotopic (exact) mass is 333 g/mol. The Bertz CT molecular complexity index is 435. The van der Waals surface area contributed by atoms with Gasteiger partial charge in [0.15, 0.2) is 0 Å². The molecule has 21 heavy (non-hydrogen) atoms. The van der Waals surface area contributed by atoms with Gasteiger partial charge in [0.25, 0.3) is 0 Å². The number of morpholine rings is 1. The predicted molar refractivity (Wildman–Crippen MR) is 90.2 cm³/mol. The number of rotatable bonds is 6. The van der Waals surface area contributed by atoms with Crippen LogP contribution in [0.5, 0.6) is 5.75 Å². The van der Waals surface area contributed by atoms with Gasteiger partial charge in [0.05, 0.1) is 24.8 Å². The van der Waals surface area contributed by atoms with Gasteiger partial charge in [-0.25, -0.2) is 0 Å². The van der Waals surface area contributed by atoms with Crippen LogP contribution in [0.15, 0.2) is 12.1 Å². The van der Waals surface area contributed by atoms with Gasteiger partial charge >= 0.3 is 0 Å². The van der Waals surface area contributed by atoms with Crippen molar-refractivity contribution in [2.75, 3.05) is 39.5 Å². The molecule has 3 nitrogen and oxygen atoms in total. The first-order chi connectivity index (χ1) is 9.68. The molecule has 1 aliphatic rings. The quantitative estimate of drug-likeness (QED) is 0.737. The van der Waals surface area contributed by atoms with Gasteiger partial charge in [0.1, 0.15) is 5.75 Å². The van der Waals surface area contributed by atoms with Crippen molar-refractivity contribution in [2.24, 2.45) is 0 Å². The van der Waals surface area contributed by atoms with Crippen LogP contribution >= 0.6 is 24.0 Å². The van der Waals surface area contributed by atoms with Crippen LogP contribution in [0.4, 0.5) is 0 Å². The first kappa shape index (κ1) is 18.6. The summed E-state index contributed by atoms with van der Waals surface area (Å²) < 4.78 is 11.2. The number of nitrogens with zero attached hydrogens (tertiary/aromatic N) is 1. The van der Waals surface area contributed by atoms with Gasteiger partial charge in [-0.15, -0.1) is 12.4 Å². The summed E-state index contributed by atoms with van der Waals surface area (Å²) in [5.41, 5.74) is 2.18. The molecule has 0 aliphatic carbocycles. The largest absolute Gasteiger partial charge is 0.492 e. The smallest absolute Gasteiger partial charge is 0.141 e. The minimum atomic E-state index is 0. The molecule has 2 rings (SSSR count). The maximum absolute atomic E-state index is 6.29. The van der Waals surface area contributed by atoms with E-state index < -0.39 is 0 Å². The molecule has 1 aromatic carbocycles. The third-order valence-corrected chi connectivity index (χ3v) is 4.18. The number of unbranched alkanes of at least 4 members (excludes halogenated alkanes) is 1. The molecule has 1 fully saturated rings. The van der Waals surface area contributed by atoms with Crippen molar-refractivity contribution in [3.8, 4) is 5.75 Å². The summed E-state index contributed by atoms with van der Waals surface area (Å²) in [6.07, 6.45) is 2.21. The highest BCUT2D eigenvalue weighted by atomic mass is 35.5. The van der Waals surface area contributed by atoms with E-state index in [4.69, 9.17) is 21.1 Å². The first-order valence-electron chi connectivity index (χ1n) is 7.37. The van der Waals surface area contributed by atoms with E-state index >= 15 is 0 Å². The Morgan fingerprint density at radius 2 is 1.81 bits per heavy atom. The number of ether oxygens (including phenoxy) is 2. The Balaban J connectivity index is 0.00000220. The van der Waals surface area contributed by atoms with Crippen LogP contribution in [0, 0.1) is 13.8 Å². The number of hydrogen-bond donors (Lipinski definition) is 0. The van der Waals surface area contributed by atoms with E-state index in [2.05, 4.69) is 11.0 Å². The van der Waals surface area contributed by atoms with Crippen LogP contribution in [-0.2, 0) is 4.74 Å². The molecule has 0 N–H and O–H groups in total. The van der Waals surface area contributed by atoms with Crippen LogP contribution in [0.3, 0.4) is 0 Å². The number of benzene rings is 1. The lowest BCUT2D eigenvalue weighted by Crippen LogP contribution is -2.36. The molecule has 0 saturated carbocycles. The Morgan fingerprint density at radius 1 is 1.14 bits per heavy atom. The third-order valence-electron chi connectivity index (χ3n) is 3.71. The van der Waals surface area contributed by atoms with Gasteiger partial charge in [-0.05, 0) is 44.4 Å². The van der Waals surface area contributed by atoms with Crippen molar-refractivity contribution in [1.29, 1.82) is 0 Å². The molecule has 0 unspecified atom stereocenters. The molecule has 1 aromatic rings.